The van der Waals surface area contributed by atoms with Gasteiger partial charge in [-0.1, -0.05) is 13.8 Å². The van der Waals surface area contributed by atoms with E-state index in [1.807, 2.05) is 31.7 Å². The lowest BCUT2D eigenvalue weighted by Crippen LogP contribution is -2.33. The fourth-order valence-electron chi connectivity index (χ4n) is 2.15. The Labute approximate surface area is 118 Å². The standard InChI is InChI=1S/C14H20N4O2/c1-8(2)11(13-15-6-7-18(13)5)17-14(19)12-9(3)16-10(4)20-12/h6-8,11H,1-5H3,(H,17,19)/t11-/m0/s1. The molecule has 0 aliphatic heterocycles. The maximum absolute atomic E-state index is 12.3. The average Bonchev–Trinajstić information content (AvgIpc) is 2.91. The van der Waals surface area contributed by atoms with E-state index in [1.165, 1.54) is 0 Å². The van der Waals surface area contributed by atoms with Gasteiger partial charge in [0.15, 0.2) is 5.89 Å². The van der Waals surface area contributed by atoms with Crippen molar-refractivity contribution in [2.75, 3.05) is 0 Å². The molecule has 0 aliphatic carbocycles. The van der Waals surface area contributed by atoms with Crippen molar-refractivity contribution in [1.29, 1.82) is 0 Å². The third-order valence-electron chi connectivity index (χ3n) is 3.20. The molecular formula is C14H20N4O2. The number of rotatable bonds is 4. The SMILES string of the molecule is Cc1nc(C)c(C(=O)N[C@H](c2nccn2C)C(C)C)o1. The minimum absolute atomic E-state index is 0.174. The fourth-order valence-corrected chi connectivity index (χ4v) is 2.15. The zero-order valence-corrected chi connectivity index (χ0v) is 12.5. The molecule has 2 aromatic heterocycles. The lowest BCUT2D eigenvalue weighted by atomic mass is 10.0. The van der Waals surface area contributed by atoms with Crippen LogP contribution in [0.25, 0.3) is 0 Å². The number of nitrogens with one attached hydrogen (secondary N) is 1. The number of nitrogens with zero attached hydrogens (tertiary/aromatic N) is 3. The van der Waals surface area contributed by atoms with Crippen molar-refractivity contribution in [2.45, 2.75) is 33.7 Å². The molecule has 1 atom stereocenters. The zero-order chi connectivity index (χ0) is 14.9. The van der Waals surface area contributed by atoms with E-state index in [4.69, 9.17) is 4.42 Å². The van der Waals surface area contributed by atoms with E-state index < -0.39 is 0 Å². The fraction of sp³-hybridized carbons (Fsp3) is 0.500. The molecule has 0 saturated heterocycles. The van der Waals surface area contributed by atoms with E-state index in [0.717, 1.165) is 5.82 Å². The van der Waals surface area contributed by atoms with Gasteiger partial charge in [0.1, 0.15) is 5.82 Å². The Kier molecular flexibility index (Phi) is 3.92. The van der Waals surface area contributed by atoms with Gasteiger partial charge in [0.05, 0.1) is 11.7 Å². The topological polar surface area (TPSA) is 73.0 Å². The van der Waals surface area contributed by atoms with Crippen molar-refractivity contribution >= 4 is 5.91 Å². The summed E-state index contributed by atoms with van der Waals surface area (Å²) in [5, 5.41) is 2.97. The quantitative estimate of drug-likeness (QED) is 0.928. The predicted octanol–water partition coefficient (Wildman–Crippen LogP) is 2.15. The van der Waals surface area contributed by atoms with Crippen molar-refractivity contribution in [1.82, 2.24) is 19.9 Å². The van der Waals surface area contributed by atoms with Crippen molar-refractivity contribution in [3.05, 3.63) is 35.6 Å². The number of carbonyl (C=O) groups excluding carboxylic acids is 1. The summed E-state index contributed by atoms with van der Waals surface area (Å²) >= 11 is 0. The summed E-state index contributed by atoms with van der Waals surface area (Å²) in [6.07, 6.45) is 3.58. The minimum Gasteiger partial charge on any atom is -0.436 e. The van der Waals surface area contributed by atoms with Gasteiger partial charge in [-0.2, -0.15) is 0 Å². The van der Waals surface area contributed by atoms with Gasteiger partial charge in [-0.05, 0) is 12.8 Å². The first kappa shape index (κ1) is 14.3. The Morgan fingerprint density at radius 3 is 2.55 bits per heavy atom. The molecule has 2 aromatic rings. The van der Waals surface area contributed by atoms with Gasteiger partial charge in [0.25, 0.3) is 5.91 Å². The smallest absolute Gasteiger partial charge is 0.289 e. The van der Waals surface area contributed by atoms with Gasteiger partial charge in [-0.15, -0.1) is 0 Å². The third-order valence-corrected chi connectivity index (χ3v) is 3.20. The molecule has 6 heteroatoms. The molecule has 0 fully saturated rings. The molecule has 108 valence electrons. The Bertz CT molecular complexity index is 612. The number of oxazole rings is 1. The summed E-state index contributed by atoms with van der Waals surface area (Å²) in [6, 6.07) is -0.174. The number of hydrogen-bond donors (Lipinski definition) is 1. The highest BCUT2D eigenvalue weighted by molar-refractivity contribution is 5.92. The van der Waals surface area contributed by atoms with Crippen LogP contribution in [0.15, 0.2) is 16.8 Å². The maximum Gasteiger partial charge on any atom is 0.289 e. The molecule has 0 aliphatic rings. The number of aromatic nitrogens is 3. The highest BCUT2D eigenvalue weighted by Gasteiger charge is 2.25. The van der Waals surface area contributed by atoms with Crippen LogP contribution in [0.3, 0.4) is 0 Å². The molecule has 2 heterocycles. The van der Waals surface area contributed by atoms with Crippen LogP contribution >= 0.6 is 0 Å². The largest absolute Gasteiger partial charge is 0.436 e. The Morgan fingerprint density at radius 2 is 2.10 bits per heavy atom. The Hall–Kier alpha value is -2.11. The second-order valence-corrected chi connectivity index (χ2v) is 5.24. The first-order valence-electron chi connectivity index (χ1n) is 6.62. The van der Waals surface area contributed by atoms with Crippen LogP contribution in [-0.2, 0) is 7.05 Å². The zero-order valence-electron chi connectivity index (χ0n) is 12.5. The first-order chi connectivity index (χ1) is 9.40. The van der Waals surface area contributed by atoms with E-state index in [9.17, 15) is 4.79 Å². The molecule has 0 unspecified atom stereocenters. The molecule has 2 rings (SSSR count). The lowest BCUT2D eigenvalue weighted by molar-refractivity contribution is 0.0892. The molecule has 0 aromatic carbocycles. The van der Waals surface area contributed by atoms with E-state index >= 15 is 0 Å². The van der Waals surface area contributed by atoms with E-state index in [2.05, 4.69) is 15.3 Å². The summed E-state index contributed by atoms with van der Waals surface area (Å²) in [4.78, 5) is 20.7. The van der Waals surface area contributed by atoms with Gasteiger partial charge < -0.3 is 14.3 Å². The van der Waals surface area contributed by atoms with Crippen LogP contribution in [0.4, 0.5) is 0 Å². The highest BCUT2D eigenvalue weighted by Crippen LogP contribution is 2.21. The van der Waals surface area contributed by atoms with Crippen LogP contribution in [0, 0.1) is 19.8 Å². The van der Waals surface area contributed by atoms with Crippen molar-refractivity contribution in [3.8, 4) is 0 Å². The molecule has 0 bridgehead atoms. The molecule has 1 N–H and O–H groups in total. The highest BCUT2D eigenvalue weighted by atomic mass is 16.4. The second-order valence-electron chi connectivity index (χ2n) is 5.24. The van der Waals surface area contributed by atoms with E-state index in [-0.39, 0.29) is 23.6 Å². The van der Waals surface area contributed by atoms with Gasteiger partial charge in [-0.3, -0.25) is 4.79 Å². The lowest BCUT2D eigenvalue weighted by Gasteiger charge is -2.21. The van der Waals surface area contributed by atoms with E-state index in [1.54, 1.807) is 20.0 Å². The number of imidazole rings is 1. The first-order valence-corrected chi connectivity index (χ1v) is 6.62. The summed E-state index contributed by atoms with van der Waals surface area (Å²) in [7, 11) is 1.91. The van der Waals surface area contributed by atoms with Gasteiger partial charge >= 0.3 is 0 Å². The normalized spacial score (nSPS) is 12.7. The van der Waals surface area contributed by atoms with Gasteiger partial charge in [0.2, 0.25) is 5.76 Å². The third kappa shape index (κ3) is 2.74. The number of aryl methyl sites for hydroxylation is 3. The second kappa shape index (κ2) is 5.48. The van der Waals surface area contributed by atoms with Gasteiger partial charge in [-0.25, -0.2) is 9.97 Å². The summed E-state index contributed by atoms with van der Waals surface area (Å²) in [5.41, 5.74) is 0.599. The van der Waals surface area contributed by atoms with Crippen LogP contribution in [0.1, 0.15) is 47.9 Å². The number of carbonyl (C=O) groups is 1. The number of amides is 1. The minimum atomic E-state index is -0.259. The van der Waals surface area contributed by atoms with Crippen molar-refractivity contribution in [2.24, 2.45) is 13.0 Å². The molecule has 1 amide bonds. The van der Waals surface area contributed by atoms with Crippen LogP contribution in [-0.4, -0.2) is 20.4 Å². The summed E-state index contributed by atoms with van der Waals surface area (Å²) < 4.78 is 7.26. The summed E-state index contributed by atoms with van der Waals surface area (Å²) in [6.45, 7) is 7.56. The van der Waals surface area contributed by atoms with Crippen LogP contribution in [0.2, 0.25) is 0 Å². The molecule has 0 saturated carbocycles. The Morgan fingerprint density at radius 1 is 1.40 bits per heavy atom. The predicted molar refractivity (Wildman–Crippen MR) is 74.2 cm³/mol. The molecular weight excluding hydrogens is 256 g/mol. The van der Waals surface area contributed by atoms with Gasteiger partial charge in [0, 0.05) is 26.4 Å². The van der Waals surface area contributed by atoms with Crippen molar-refractivity contribution < 1.29 is 9.21 Å². The molecule has 20 heavy (non-hydrogen) atoms. The summed E-state index contributed by atoms with van der Waals surface area (Å²) in [5.74, 6) is 1.53. The van der Waals surface area contributed by atoms with Crippen LogP contribution < -0.4 is 5.32 Å². The van der Waals surface area contributed by atoms with Crippen molar-refractivity contribution in [3.63, 3.8) is 0 Å². The number of hydrogen-bond acceptors (Lipinski definition) is 4. The monoisotopic (exact) mass is 276 g/mol. The van der Waals surface area contributed by atoms with Crippen LogP contribution in [0.5, 0.6) is 0 Å². The molecule has 0 spiro atoms. The molecule has 6 nitrogen and oxygen atoms in total. The Balaban J connectivity index is 2.23. The maximum atomic E-state index is 12.3. The van der Waals surface area contributed by atoms with E-state index in [0.29, 0.717) is 11.6 Å². The average molecular weight is 276 g/mol. The molecule has 0 radical (unpaired) electrons.